The summed E-state index contributed by atoms with van der Waals surface area (Å²) < 4.78 is 51.6. The van der Waals surface area contributed by atoms with Crippen molar-refractivity contribution in [1.82, 2.24) is 15.0 Å². The summed E-state index contributed by atoms with van der Waals surface area (Å²) in [5.41, 5.74) is -0.717. The van der Waals surface area contributed by atoms with E-state index in [9.17, 15) is 13.2 Å². The molecule has 10 heteroatoms. The van der Waals surface area contributed by atoms with Gasteiger partial charge >= 0.3 is 6.18 Å². The second kappa shape index (κ2) is 7.40. The molecule has 0 N–H and O–H groups in total. The van der Waals surface area contributed by atoms with Gasteiger partial charge in [-0.3, -0.25) is 0 Å². The minimum Gasteiger partial charge on any atom is -0.443 e. The zero-order valence-corrected chi connectivity index (χ0v) is 16.9. The van der Waals surface area contributed by atoms with Gasteiger partial charge < -0.3 is 8.83 Å². The molecule has 0 fully saturated rings. The van der Waals surface area contributed by atoms with E-state index in [-0.39, 0.29) is 35.0 Å². The van der Waals surface area contributed by atoms with E-state index in [1.807, 2.05) is 27.7 Å². The van der Waals surface area contributed by atoms with Gasteiger partial charge in [-0.15, -0.1) is 0 Å². The second-order valence-corrected chi connectivity index (χ2v) is 7.53. The highest BCUT2D eigenvalue weighted by molar-refractivity contribution is 6.38. The number of rotatable bonds is 4. The number of hydrogen-bond acceptors (Lipinski definition) is 5. The van der Waals surface area contributed by atoms with Crippen molar-refractivity contribution < 1.29 is 22.0 Å². The van der Waals surface area contributed by atoms with Crippen molar-refractivity contribution in [2.45, 2.75) is 45.7 Å². The van der Waals surface area contributed by atoms with Crippen molar-refractivity contribution in [3.63, 3.8) is 0 Å². The predicted molar refractivity (Wildman–Crippen MR) is 98.4 cm³/mol. The summed E-state index contributed by atoms with van der Waals surface area (Å²) in [4.78, 5) is 12.5. The van der Waals surface area contributed by atoms with Crippen molar-refractivity contribution in [2.24, 2.45) is 0 Å². The Hall–Kier alpha value is -2.06. The molecule has 0 bridgehead atoms. The molecule has 3 rings (SSSR count). The average Bonchev–Trinajstić information content (AvgIpc) is 3.23. The third-order valence-corrected chi connectivity index (χ3v) is 4.73. The second-order valence-electron chi connectivity index (χ2n) is 6.77. The number of pyridine rings is 1. The van der Waals surface area contributed by atoms with Gasteiger partial charge in [-0.2, -0.15) is 13.2 Å². The van der Waals surface area contributed by atoms with Crippen LogP contribution < -0.4 is 0 Å². The minimum atomic E-state index is -4.83. The maximum absolute atomic E-state index is 13.7. The lowest BCUT2D eigenvalue weighted by Crippen LogP contribution is -2.10. The van der Waals surface area contributed by atoms with Crippen LogP contribution in [0.15, 0.2) is 21.4 Å². The molecular weight excluding hydrogens is 418 g/mol. The van der Waals surface area contributed by atoms with Crippen molar-refractivity contribution >= 4 is 23.2 Å². The van der Waals surface area contributed by atoms with Gasteiger partial charge in [0.25, 0.3) is 0 Å². The van der Waals surface area contributed by atoms with Crippen LogP contribution in [-0.2, 0) is 6.18 Å². The van der Waals surface area contributed by atoms with Crippen LogP contribution in [0, 0.1) is 0 Å². The summed E-state index contributed by atoms with van der Waals surface area (Å²) in [5.74, 6) is -0.281. The first kappa shape index (κ1) is 20.7. The average molecular weight is 434 g/mol. The number of aromatic nitrogens is 3. The third-order valence-electron chi connectivity index (χ3n) is 3.99. The van der Waals surface area contributed by atoms with Crippen LogP contribution in [0.5, 0.6) is 0 Å². The van der Waals surface area contributed by atoms with Gasteiger partial charge in [-0.1, -0.05) is 50.9 Å². The van der Waals surface area contributed by atoms with Crippen LogP contribution in [0.4, 0.5) is 13.2 Å². The van der Waals surface area contributed by atoms with Crippen LogP contribution in [0.2, 0.25) is 10.0 Å². The van der Waals surface area contributed by atoms with Gasteiger partial charge in [0.05, 0.1) is 27.0 Å². The summed E-state index contributed by atoms with van der Waals surface area (Å²) in [6.07, 6.45) is -2.13. The molecule has 0 aromatic carbocycles. The van der Waals surface area contributed by atoms with Gasteiger partial charge in [0.2, 0.25) is 11.8 Å². The van der Waals surface area contributed by atoms with Crippen molar-refractivity contribution in [3.05, 3.63) is 39.5 Å². The molecule has 0 radical (unpaired) electrons. The molecule has 28 heavy (non-hydrogen) atoms. The van der Waals surface area contributed by atoms with Gasteiger partial charge in [-0.25, -0.2) is 15.0 Å². The van der Waals surface area contributed by atoms with Gasteiger partial charge in [-0.05, 0) is 11.8 Å². The number of hydrogen-bond donors (Lipinski definition) is 0. The maximum atomic E-state index is 13.7. The Bertz CT molecular complexity index is 940. The fraction of sp³-hybridized carbons (Fsp3) is 0.389. The molecule has 0 spiro atoms. The lowest BCUT2D eigenvalue weighted by molar-refractivity contribution is -0.137. The summed E-state index contributed by atoms with van der Waals surface area (Å²) in [6, 6.07) is 0. The van der Waals surface area contributed by atoms with E-state index in [2.05, 4.69) is 15.0 Å². The van der Waals surface area contributed by atoms with E-state index in [0.717, 1.165) is 0 Å². The Balaban J connectivity index is 2.27. The Morgan fingerprint density at radius 2 is 1.18 bits per heavy atom. The highest BCUT2D eigenvalue weighted by Crippen LogP contribution is 2.46. The van der Waals surface area contributed by atoms with E-state index in [4.69, 9.17) is 32.0 Å². The van der Waals surface area contributed by atoms with Crippen LogP contribution in [0.1, 0.15) is 56.5 Å². The first-order chi connectivity index (χ1) is 13.0. The molecule has 0 saturated heterocycles. The zero-order chi connectivity index (χ0) is 20.8. The first-order valence-electron chi connectivity index (χ1n) is 8.38. The fourth-order valence-corrected chi connectivity index (χ4v) is 3.09. The highest BCUT2D eigenvalue weighted by atomic mass is 35.5. The number of oxazole rings is 2. The van der Waals surface area contributed by atoms with Gasteiger partial charge in [0.15, 0.2) is 0 Å². The molecular formula is C18H16Cl2F3N3O2. The van der Waals surface area contributed by atoms with Crippen molar-refractivity contribution in [3.8, 4) is 23.2 Å². The van der Waals surface area contributed by atoms with E-state index < -0.39 is 21.8 Å². The van der Waals surface area contributed by atoms with Crippen LogP contribution in [0.3, 0.4) is 0 Å². The molecule has 5 nitrogen and oxygen atoms in total. The fourth-order valence-electron chi connectivity index (χ4n) is 2.40. The molecule has 0 aliphatic heterocycles. The lowest BCUT2D eigenvalue weighted by Gasteiger charge is -2.14. The summed E-state index contributed by atoms with van der Waals surface area (Å²) in [5, 5.41) is -1.40. The molecule has 0 amide bonds. The molecule has 0 atom stereocenters. The summed E-state index contributed by atoms with van der Waals surface area (Å²) in [6.45, 7) is 7.47. The number of nitrogens with zero attached hydrogens (tertiary/aromatic N) is 3. The number of alkyl halides is 3. The maximum Gasteiger partial charge on any atom is 0.419 e. The molecule has 3 heterocycles. The van der Waals surface area contributed by atoms with Crippen molar-refractivity contribution in [2.75, 3.05) is 0 Å². The van der Waals surface area contributed by atoms with Crippen LogP contribution >= 0.6 is 23.2 Å². The predicted octanol–water partition coefficient (Wildman–Crippen LogP) is 6.96. The van der Waals surface area contributed by atoms with Crippen LogP contribution in [0.25, 0.3) is 23.2 Å². The molecule has 0 aliphatic rings. The molecule has 0 saturated carbocycles. The monoisotopic (exact) mass is 433 g/mol. The Morgan fingerprint density at radius 3 is 1.46 bits per heavy atom. The van der Waals surface area contributed by atoms with E-state index in [1.54, 1.807) is 0 Å². The molecule has 150 valence electrons. The Kier molecular flexibility index (Phi) is 5.46. The Morgan fingerprint density at radius 1 is 0.786 bits per heavy atom. The topological polar surface area (TPSA) is 65.0 Å². The largest absolute Gasteiger partial charge is 0.443 e. The smallest absolute Gasteiger partial charge is 0.419 e. The Labute approximate surface area is 168 Å². The molecule has 0 aliphatic carbocycles. The van der Waals surface area contributed by atoms with E-state index in [0.29, 0.717) is 11.4 Å². The third kappa shape index (κ3) is 3.75. The zero-order valence-electron chi connectivity index (χ0n) is 15.4. The molecule has 0 unspecified atom stereocenters. The van der Waals surface area contributed by atoms with Gasteiger partial charge in [0, 0.05) is 0 Å². The SMILES string of the molecule is CC(C)c1coc(-c2nc(-c3nc(C(C)C)co3)c(Cl)c(C(F)(F)F)c2Cl)n1. The summed E-state index contributed by atoms with van der Waals surface area (Å²) >= 11 is 12.0. The standard InChI is InChI=1S/C18H16Cl2F3N3O2/c1-7(2)9-5-27-16(24-9)14-12(19)11(18(21,22)23)13(20)15(26-14)17-25-10(6-28-17)8(3)4/h5-8H,1-4H3. The summed E-state index contributed by atoms with van der Waals surface area (Å²) in [7, 11) is 0. The van der Waals surface area contributed by atoms with E-state index in [1.165, 1.54) is 12.5 Å². The highest BCUT2D eigenvalue weighted by Gasteiger charge is 2.40. The van der Waals surface area contributed by atoms with Crippen molar-refractivity contribution in [1.29, 1.82) is 0 Å². The lowest BCUT2D eigenvalue weighted by atomic mass is 10.1. The quantitative estimate of drug-likeness (QED) is 0.444. The van der Waals surface area contributed by atoms with Crippen LogP contribution in [-0.4, -0.2) is 15.0 Å². The number of halogens is 5. The minimum absolute atomic E-state index is 0.00507. The van der Waals surface area contributed by atoms with Gasteiger partial charge in [0.1, 0.15) is 23.9 Å². The van der Waals surface area contributed by atoms with E-state index >= 15 is 0 Å². The molecule has 3 aromatic heterocycles. The first-order valence-corrected chi connectivity index (χ1v) is 9.14. The molecule has 3 aromatic rings. The normalized spacial score (nSPS) is 12.4.